The van der Waals surface area contributed by atoms with Gasteiger partial charge in [-0.2, -0.15) is 0 Å². The van der Waals surface area contributed by atoms with Gasteiger partial charge in [0.1, 0.15) is 5.75 Å². The Morgan fingerprint density at radius 3 is 2.48 bits per heavy atom. The molecule has 3 rings (SSSR count). The molecule has 1 aliphatic heterocycles. The van der Waals surface area contributed by atoms with Crippen LogP contribution in [0.5, 0.6) is 5.75 Å². The zero-order valence-corrected chi connectivity index (χ0v) is 16.6. The van der Waals surface area contributed by atoms with Crippen LogP contribution in [0.3, 0.4) is 0 Å². The molecule has 0 spiro atoms. The minimum atomic E-state index is -0.330. The first-order valence-corrected chi connectivity index (χ1v) is 9.73. The maximum atomic E-state index is 12.4. The van der Waals surface area contributed by atoms with Crippen LogP contribution in [0.2, 0.25) is 0 Å². The highest BCUT2D eigenvalue weighted by atomic mass is 16.5. The van der Waals surface area contributed by atoms with Gasteiger partial charge in [-0.3, -0.25) is 14.7 Å². The zero-order valence-electron chi connectivity index (χ0n) is 16.6. The standard InChI is InChI=1S/C21H27N5O3/c1-29-19-7-5-17(6-8-19)24-21(28)23-11-9-20(27)26-14-12-25(13-15-26)16-18-4-2-3-10-22-18/h2-8,10H,9,11-16H2,1H3,(H2,23,24,28). The normalized spacial score (nSPS) is 14.3. The highest BCUT2D eigenvalue weighted by Crippen LogP contribution is 2.14. The van der Waals surface area contributed by atoms with Crippen molar-refractivity contribution in [3.8, 4) is 5.75 Å². The van der Waals surface area contributed by atoms with Crippen LogP contribution in [0.25, 0.3) is 0 Å². The molecule has 1 aromatic carbocycles. The second kappa shape index (κ2) is 10.4. The predicted octanol–water partition coefficient (Wildman–Crippen LogP) is 1.95. The summed E-state index contributed by atoms with van der Waals surface area (Å²) < 4.78 is 5.08. The summed E-state index contributed by atoms with van der Waals surface area (Å²) >= 11 is 0. The first-order valence-electron chi connectivity index (χ1n) is 9.73. The monoisotopic (exact) mass is 397 g/mol. The number of pyridine rings is 1. The van der Waals surface area contributed by atoms with E-state index in [0.717, 1.165) is 31.1 Å². The van der Waals surface area contributed by atoms with E-state index < -0.39 is 0 Å². The number of urea groups is 1. The number of nitrogens with one attached hydrogen (secondary N) is 2. The predicted molar refractivity (Wildman–Crippen MR) is 111 cm³/mol. The van der Waals surface area contributed by atoms with Crippen LogP contribution in [-0.4, -0.2) is 66.6 Å². The molecule has 1 saturated heterocycles. The summed E-state index contributed by atoms with van der Waals surface area (Å²) in [6, 6.07) is 12.6. The van der Waals surface area contributed by atoms with E-state index in [1.165, 1.54) is 0 Å². The molecule has 1 aliphatic rings. The number of benzene rings is 1. The summed E-state index contributed by atoms with van der Waals surface area (Å²) in [4.78, 5) is 32.8. The molecule has 3 amide bonds. The number of anilines is 1. The molecule has 0 bridgehead atoms. The fourth-order valence-corrected chi connectivity index (χ4v) is 3.17. The zero-order chi connectivity index (χ0) is 20.5. The van der Waals surface area contributed by atoms with Crippen molar-refractivity contribution in [1.29, 1.82) is 0 Å². The van der Waals surface area contributed by atoms with Crippen LogP contribution in [0.15, 0.2) is 48.7 Å². The Labute approximate surface area is 170 Å². The average Bonchev–Trinajstić information content (AvgIpc) is 2.75. The molecule has 0 unspecified atom stereocenters. The Hall–Kier alpha value is -3.13. The van der Waals surface area contributed by atoms with Crippen LogP contribution in [0.1, 0.15) is 12.1 Å². The summed E-state index contributed by atoms with van der Waals surface area (Å²) in [5, 5.41) is 5.46. The molecule has 2 N–H and O–H groups in total. The van der Waals surface area contributed by atoms with E-state index in [1.807, 2.05) is 23.1 Å². The second-order valence-corrected chi connectivity index (χ2v) is 6.84. The summed E-state index contributed by atoms with van der Waals surface area (Å²) in [5.41, 5.74) is 1.71. The van der Waals surface area contributed by atoms with Gasteiger partial charge in [-0.1, -0.05) is 6.07 Å². The molecule has 29 heavy (non-hydrogen) atoms. The second-order valence-electron chi connectivity index (χ2n) is 6.84. The molecule has 2 heterocycles. The molecule has 0 atom stereocenters. The van der Waals surface area contributed by atoms with E-state index in [-0.39, 0.29) is 18.4 Å². The molecule has 1 fully saturated rings. The summed E-state index contributed by atoms with van der Waals surface area (Å²) in [6.45, 7) is 4.15. The van der Waals surface area contributed by atoms with Crippen molar-refractivity contribution in [1.82, 2.24) is 20.1 Å². The molecular formula is C21H27N5O3. The topological polar surface area (TPSA) is 86.8 Å². The molecule has 8 heteroatoms. The highest BCUT2D eigenvalue weighted by Gasteiger charge is 2.21. The van der Waals surface area contributed by atoms with Crippen LogP contribution >= 0.6 is 0 Å². The Morgan fingerprint density at radius 2 is 1.83 bits per heavy atom. The molecule has 0 aliphatic carbocycles. The molecule has 1 aromatic heterocycles. The fourth-order valence-electron chi connectivity index (χ4n) is 3.17. The number of hydrogen-bond donors (Lipinski definition) is 2. The average molecular weight is 397 g/mol. The molecular weight excluding hydrogens is 370 g/mol. The van der Waals surface area contributed by atoms with E-state index in [4.69, 9.17) is 4.74 Å². The number of methoxy groups -OCH3 is 1. The van der Waals surface area contributed by atoms with Crippen LogP contribution in [0.4, 0.5) is 10.5 Å². The number of hydrogen-bond acceptors (Lipinski definition) is 5. The first kappa shape index (κ1) is 20.6. The van der Waals surface area contributed by atoms with Crippen molar-refractivity contribution < 1.29 is 14.3 Å². The maximum Gasteiger partial charge on any atom is 0.319 e. The Morgan fingerprint density at radius 1 is 1.07 bits per heavy atom. The summed E-state index contributed by atoms with van der Waals surface area (Å²) in [6.07, 6.45) is 2.09. The van der Waals surface area contributed by atoms with Gasteiger partial charge < -0.3 is 20.3 Å². The van der Waals surface area contributed by atoms with Crippen LogP contribution < -0.4 is 15.4 Å². The molecule has 0 saturated carbocycles. The third kappa shape index (κ3) is 6.46. The van der Waals surface area contributed by atoms with Crippen molar-refractivity contribution in [2.24, 2.45) is 0 Å². The molecule has 0 radical (unpaired) electrons. The minimum absolute atomic E-state index is 0.0623. The van der Waals surface area contributed by atoms with Crippen molar-refractivity contribution in [3.63, 3.8) is 0 Å². The maximum absolute atomic E-state index is 12.4. The van der Waals surface area contributed by atoms with Gasteiger partial charge in [-0.05, 0) is 36.4 Å². The third-order valence-electron chi connectivity index (χ3n) is 4.81. The minimum Gasteiger partial charge on any atom is -0.497 e. The largest absolute Gasteiger partial charge is 0.497 e. The first-order chi connectivity index (χ1) is 14.1. The van der Waals surface area contributed by atoms with Crippen LogP contribution in [-0.2, 0) is 11.3 Å². The number of amides is 3. The number of piperazine rings is 1. The Balaban J connectivity index is 1.33. The smallest absolute Gasteiger partial charge is 0.319 e. The van der Waals surface area contributed by atoms with Gasteiger partial charge in [-0.15, -0.1) is 0 Å². The number of aromatic nitrogens is 1. The Kier molecular flexibility index (Phi) is 7.40. The lowest BCUT2D eigenvalue weighted by Gasteiger charge is -2.34. The number of rotatable bonds is 7. The third-order valence-corrected chi connectivity index (χ3v) is 4.81. The lowest BCUT2D eigenvalue weighted by atomic mass is 10.2. The molecule has 8 nitrogen and oxygen atoms in total. The van der Waals surface area contributed by atoms with Gasteiger partial charge in [0, 0.05) is 57.6 Å². The summed E-state index contributed by atoms with van der Waals surface area (Å²) in [7, 11) is 1.59. The van der Waals surface area contributed by atoms with Crippen molar-refractivity contribution in [2.75, 3.05) is 45.2 Å². The van der Waals surface area contributed by atoms with Gasteiger partial charge >= 0.3 is 6.03 Å². The number of ether oxygens (including phenoxy) is 1. The fraction of sp³-hybridized carbons (Fsp3) is 0.381. The number of carbonyl (C=O) groups is 2. The van der Waals surface area contributed by atoms with Crippen molar-refractivity contribution >= 4 is 17.6 Å². The lowest BCUT2D eigenvalue weighted by Crippen LogP contribution is -2.48. The van der Waals surface area contributed by atoms with E-state index >= 15 is 0 Å². The lowest BCUT2D eigenvalue weighted by molar-refractivity contribution is -0.132. The van der Waals surface area contributed by atoms with Crippen molar-refractivity contribution in [2.45, 2.75) is 13.0 Å². The number of nitrogens with zero attached hydrogens (tertiary/aromatic N) is 3. The van der Waals surface area contributed by atoms with E-state index in [9.17, 15) is 9.59 Å². The van der Waals surface area contributed by atoms with Crippen LogP contribution in [0, 0.1) is 0 Å². The quantitative estimate of drug-likeness (QED) is 0.746. The van der Waals surface area contributed by atoms with Crippen molar-refractivity contribution in [3.05, 3.63) is 54.4 Å². The van der Waals surface area contributed by atoms with Gasteiger partial charge in [0.25, 0.3) is 0 Å². The van der Waals surface area contributed by atoms with E-state index in [1.54, 1.807) is 37.6 Å². The van der Waals surface area contributed by atoms with Gasteiger partial charge in [0.15, 0.2) is 0 Å². The number of carbonyl (C=O) groups excluding carboxylic acids is 2. The van der Waals surface area contributed by atoms with Gasteiger partial charge in [0.05, 0.1) is 12.8 Å². The summed E-state index contributed by atoms with van der Waals surface area (Å²) in [5.74, 6) is 0.786. The molecule has 154 valence electrons. The SMILES string of the molecule is COc1ccc(NC(=O)NCCC(=O)N2CCN(Cc3ccccn3)CC2)cc1. The van der Waals surface area contributed by atoms with Gasteiger partial charge in [-0.25, -0.2) is 4.79 Å². The highest BCUT2D eigenvalue weighted by molar-refractivity contribution is 5.89. The van der Waals surface area contributed by atoms with E-state index in [0.29, 0.717) is 25.3 Å². The van der Waals surface area contributed by atoms with Gasteiger partial charge in [0.2, 0.25) is 5.91 Å². The Bertz CT molecular complexity index is 790. The molecule has 2 aromatic rings. The van der Waals surface area contributed by atoms with E-state index in [2.05, 4.69) is 20.5 Å².